The van der Waals surface area contributed by atoms with Crippen LogP contribution in [0.5, 0.6) is 5.75 Å². The number of hydrogen-bond acceptors (Lipinski definition) is 3. The van der Waals surface area contributed by atoms with Crippen molar-refractivity contribution in [2.45, 2.75) is 18.2 Å². The summed E-state index contributed by atoms with van der Waals surface area (Å²) >= 11 is 5.84. The molecule has 4 nitrogen and oxygen atoms in total. The van der Waals surface area contributed by atoms with Crippen molar-refractivity contribution in [3.05, 3.63) is 53.6 Å². The Morgan fingerprint density at radius 3 is 2.29 bits per heavy atom. The van der Waals surface area contributed by atoms with Crippen LogP contribution in [0.15, 0.2) is 53.4 Å². The van der Waals surface area contributed by atoms with Gasteiger partial charge in [0.25, 0.3) is 0 Å². The van der Waals surface area contributed by atoms with Crippen LogP contribution in [0.2, 0.25) is 5.02 Å². The van der Waals surface area contributed by atoms with Gasteiger partial charge in [0.15, 0.2) is 11.0 Å². The Labute approximate surface area is 143 Å². The van der Waals surface area contributed by atoms with Crippen molar-refractivity contribution >= 4 is 34.2 Å². The molecular weight excluding hydrogens is 367 g/mol. The fourth-order valence-corrected chi connectivity index (χ4v) is 3.29. The zero-order valence-electron chi connectivity index (χ0n) is 12.2. The fraction of sp³-hybridized carbons (Fsp3) is 0.133. The highest BCUT2D eigenvalue weighted by atomic mass is 35.5. The van der Waals surface area contributed by atoms with E-state index in [1.54, 1.807) is 12.1 Å². The lowest BCUT2D eigenvalue weighted by Crippen LogP contribution is -2.30. The summed E-state index contributed by atoms with van der Waals surface area (Å²) in [7, 11) is -1.90. The van der Waals surface area contributed by atoms with Gasteiger partial charge in [0.05, 0.1) is 10.6 Å². The topological polar surface area (TPSA) is 46.6 Å². The minimum atomic E-state index is -4.81. The summed E-state index contributed by atoms with van der Waals surface area (Å²) in [5.74, 6) is -0.985. The van der Waals surface area contributed by atoms with Crippen LogP contribution < -0.4 is 9.04 Å². The van der Waals surface area contributed by atoms with Crippen LogP contribution >= 0.6 is 11.6 Å². The zero-order valence-corrected chi connectivity index (χ0v) is 13.8. The Morgan fingerprint density at radius 2 is 1.79 bits per heavy atom. The lowest BCUT2D eigenvalue weighted by molar-refractivity contribution is -0.274. The molecule has 2 aromatic rings. The summed E-state index contributed by atoms with van der Waals surface area (Å²) in [5.41, 5.74) is 0.162. The molecule has 0 aliphatic rings. The molecule has 0 bridgehead atoms. The van der Waals surface area contributed by atoms with E-state index in [9.17, 15) is 22.2 Å². The summed E-state index contributed by atoms with van der Waals surface area (Å²) in [6.07, 6.45) is -4.81. The third kappa shape index (κ3) is 4.72. The predicted molar refractivity (Wildman–Crippen MR) is 84.1 cm³/mol. The summed E-state index contributed by atoms with van der Waals surface area (Å²) in [6, 6.07) is 10.6. The Bertz CT molecular complexity index is 765. The van der Waals surface area contributed by atoms with E-state index in [1.807, 2.05) is 0 Å². The lowest BCUT2D eigenvalue weighted by atomic mass is 10.3. The number of ether oxygens (including phenoxy) is 1. The number of carbonyl (C=O) groups excluding carboxylic acids is 1. The fourth-order valence-electron chi connectivity index (χ4n) is 1.86. The zero-order chi connectivity index (χ0) is 17.9. The largest absolute Gasteiger partial charge is 0.573 e. The van der Waals surface area contributed by atoms with E-state index in [2.05, 4.69) is 4.74 Å². The van der Waals surface area contributed by atoms with Gasteiger partial charge in [-0.15, -0.1) is 13.2 Å². The van der Waals surface area contributed by atoms with Crippen LogP contribution in [0.3, 0.4) is 0 Å². The Hall–Kier alpha value is -2.06. The van der Waals surface area contributed by atoms with Gasteiger partial charge in [-0.1, -0.05) is 17.7 Å². The smallest absolute Gasteiger partial charge is 0.406 e. The van der Waals surface area contributed by atoms with Gasteiger partial charge in [0, 0.05) is 11.9 Å². The molecular formula is C15H11ClF3NO3S. The van der Waals surface area contributed by atoms with Crippen LogP contribution in [0.4, 0.5) is 18.9 Å². The van der Waals surface area contributed by atoms with Gasteiger partial charge in [-0.3, -0.25) is 4.79 Å². The number of carbonyl (C=O) groups is 1. The maximum atomic E-state index is 12.6. The molecule has 0 spiro atoms. The van der Waals surface area contributed by atoms with Crippen LogP contribution in [-0.4, -0.2) is 16.5 Å². The first-order valence-electron chi connectivity index (χ1n) is 6.51. The van der Waals surface area contributed by atoms with Crippen molar-refractivity contribution in [2.75, 3.05) is 4.31 Å². The maximum absolute atomic E-state index is 12.6. The normalized spacial score (nSPS) is 12.5. The van der Waals surface area contributed by atoms with Crippen molar-refractivity contribution in [3.63, 3.8) is 0 Å². The van der Waals surface area contributed by atoms with Gasteiger partial charge in [-0.05, 0) is 42.5 Å². The summed E-state index contributed by atoms with van der Waals surface area (Å²) in [4.78, 5) is 12.1. The molecule has 2 aromatic carbocycles. The number of alkyl halides is 3. The first-order valence-corrected chi connectivity index (χ1v) is 8.00. The van der Waals surface area contributed by atoms with E-state index in [4.69, 9.17) is 11.6 Å². The molecule has 0 aromatic heterocycles. The third-order valence-corrected chi connectivity index (χ3v) is 4.45. The minimum Gasteiger partial charge on any atom is -0.406 e. The SMILES string of the molecule is CC(=O)N(c1ccc(OC(F)(F)F)cc1)S(=O)c1cccc(Cl)c1. The Morgan fingerprint density at radius 1 is 1.17 bits per heavy atom. The molecule has 0 aliphatic heterocycles. The molecule has 0 saturated carbocycles. The lowest BCUT2D eigenvalue weighted by Gasteiger charge is -2.20. The quantitative estimate of drug-likeness (QED) is 0.797. The highest BCUT2D eigenvalue weighted by molar-refractivity contribution is 7.87. The number of amides is 1. The van der Waals surface area contributed by atoms with E-state index in [-0.39, 0.29) is 10.6 Å². The molecule has 0 fully saturated rings. The number of nitrogens with zero attached hydrogens (tertiary/aromatic N) is 1. The van der Waals surface area contributed by atoms with E-state index >= 15 is 0 Å². The van der Waals surface area contributed by atoms with E-state index < -0.39 is 29.0 Å². The molecule has 2 rings (SSSR count). The highest BCUT2D eigenvalue weighted by Crippen LogP contribution is 2.27. The molecule has 1 unspecified atom stereocenters. The van der Waals surface area contributed by atoms with Crippen molar-refractivity contribution in [2.24, 2.45) is 0 Å². The molecule has 0 aliphatic carbocycles. The van der Waals surface area contributed by atoms with Crippen LogP contribution in [0.25, 0.3) is 0 Å². The van der Waals surface area contributed by atoms with E-state index in [0.29, 0.717) is 5.02 Å². The first kappa shape index (κ1) is 18.3. The summed E-state index contributed by atoms with van der Waals surface area (Å²) in [6.45, 7) is 1.20. The molecule has 0 saturated heterocycles. The second-order valence-corrected chi connectivity index (χ2v) is 6.33. The summed E-state index contributed by atoms with van der Waals surface area (Å²) < 4.78 is 53.8. The maximum Gasteiger partial charge on any atom is 0.573 e. The minimum absolute atomic E-state index is 0.162. The highest BCUT2D eigenvalue weighted by Gasteiger charge is 2.31. The number of rotatable bonds is 4. The number of hydrogen-bond donors (Lipinski definition) is 0. The molecule has 0 radical (unpaired) electrons. The number of benzene rings is 2. The van der Waals surface area contributed by atoms with Crippen molar-refractivity contribution in [3.8, 4) is 5.75 Å². The molecule has 1 atom stereocenters. The van der Waals surface area contributed by atoms with Gasteiger partial charge in [-0.25, -0.2) is 8.51 Å². The molecule has 9 heteroatoms. The average Bonchev–Trinajstić information content (AvgIpc) is 2.47. The van der Waals surface area contributed by atoms with Gasteiger partial charge in [-0.2, -0.15) is 0 Å². The summed E-state index contributed by atoms with van der Waals surface area (Å²) in [5, 5.41) is 0.346. The Kier molecular flexibility index (Phi) is 5.51. The van der Waals surface area contributed by atoms with Crippen LogP contribution in [0.1, 0.15) is 6.92 Å². The second-order valence-electron chi connectivity index (χ2n) is 4.56. The van der Waals surface area contributed by atoms with Crippen LogP contribution in [0, 0.1) is 0 Å². The number of halogens is 4. The molecule has 128 valence electrons. The monoisotopic (exact) mass is 377 g/mol. The molecule has 0 N–H and O–H groups in total. The second kappa shape index (κ2) is 7.23. The third-order valence-electron chi connectivity index (χ3n) is 2.75. The predicted octanol–water partition coefficient (Wildman–Crippen LogP) is 4.31. The van der Waals surface area contributed by atoms with Crippen molar-refractivity contribution in [1.82, 2.24) is 0 Å². The van der Waals surface area contributed by atoms with E-state index in [0.717, 1.165) is 16.4 Å². The Balaban J connectivity index is 2.31. The molecule has 24 heavy (non-hydrogen) atoms. The molecule has 0 heterocycles. The van der Waals surface area contributed by atoms with Gasteiger partial charge >= 0.3 is 6.36 Å². The van der Waals surface area contributed by atoms with Gasteiger partial charge in [0.2, 0.25) is 5.91 Å². The van der Waals surface area contributed by atoms with Crippen molar-refractivity contribution in [1.29, 1.82) is 0 Å². The standard InChI is InChI=1S/C15H11ClF3NO3S/c1-10(21)20(24(22)14-4-2-3-11(16)9-14)12-5-7-13(8-6-12)23-15(17,18)19/h2-9H,1H3. The number of anilines is 1. The van der Waals surface area contributed by atoms with Crippen molar-refractivity contribution < 1.29 is 26.9 Å². The first-order chi connectivity index (χ1) is 11.2. The van der Waals surface area contributed by atoms with Gasteiger partial charge in [0.1, 0.15) is 5.75 Å². The average molecular weight is 378 g/mol. The molecule has 1 amide bonds. The van der Waals surface area contributed by atoms with Crippen LogP contribution in [-0.2, 0) is 15.8 Å². The van der Waals surface area contributed by atoms with E-state index in [1.165, 1.54) is 31.2 Å². The van der Waals surface area contributed by atoms with Gasteiger partial charge < -0.3 is 4.74 Å².